The normalized spacial score (nSPS) is 17.0. The summed E-state index contributed by atoms with van der Waals surface area (Å²) in [6, 6.07) is 5.03. The zero-order valence-corrected chi connectivity index (χ0v) is 13.1. The van der Waals surface area contributed by atoms with E-state index in [4.69, 9.17) is 15.2 Å². The standard InChI is InChI=1S/C16H24N2O3/c1-10(18-15(19)14(17)16(2,3)4)11-5-6-12-13(9-11)21-8-7-20-12/h5-6,9-10,14H,7-8,17H2,1-4H3,(H,18,19). The monoisotopic (exact) mass is 292 g/mol. The summed E-state index contributed by atoms with van der Waals surface area (Å²) in [5.74, 6) is 1.32. The van der Waals surface area contributed by atoms with Crippen LogP contribution in [0.1, 0.15) is 39.3 Å². The topological polar surface area (TPSA) is 73.6 Å². The zero-order valence-electron chi connectivity index (χ0n) is 13.1. The molecule has 1 heterocycles. The Balaban J connectivity index is 2.07. The lowest BCUT2D eigenvalue weighted by Crippen LogP contribution is -2.49. The molecule has 2 rings (SSSR count). The lowest BCUT2D eigenvalue weighted by Gasteiger charge is -2.28. The van der Waals surface area contributed by atoms with E-state index in [9.17, 15) is 4.79 Å². The zero-order chi connectivity index (χ0) is 15.6. The van der Waals surface area contributed by atoms with Crippen molar-refractivity contribution in [3.63, 3.8) is 0 Å². The van der Waals surface area contributed by atoms with E-state index in [2.05, 4.69) is 5.32 Å². The number of nitrogens with one attached hydrogen (secondary N) is 1. The Hall–Kier alpha value is -1.75. The molecule has 1 aliphatic heterocycles. The maximum Gasteiger partial charge on any atom is 0.237 e. The maximum absolute atomic E-state index is 12.2. The summed E-state index contributed by atoms with van der Waals surface area (Å²) in [5.41, 5.74) is 6.67. The molecule has 116 valence electrons. The van der Waals surface area contributed by atoms with Crippen LogP contribution in [-0.2, 0) is 4.79 Å². The summed E-state index contributed by atoms with van der Waals surface area (Å²) in [5, 5.41) is 2.95. The molecule has 0 saturated heterocycles. The Labute approximate surface area is 125 Å². The van der Waals surface area contributed by atoms with Gasteiger partial charge in [0.25, 0.3) is 0 Å². The van der Waals surface area contributed by atoms with Crippen LogP contribution in [0.2, 0.25) is 0 Å². The van der Waals surface area contributed by atoms with Gasteiger partial charge < -0.3 is 20.5 Å². The van der Waals surface area contributed by atoms with Gasteiger partial charge in [-0.2, -0.15) is 0 Å². The van der Waals surface area contributed by atoms with E-state index in [0.29, 0.717) is 13.2 Å². The van der Waals surface area contributed by atoms with Crippen molar-refractivity contribution in [3.05, 3.63) is 23.8 Å². The summed E-state index contributed by atoms with van der Waals surface area (Å²) < 4.78 is 11.0. The van der Waals surface area contributed by atoms with Crippen LogP contribution in [0.3, 0.4) is 0 Å². The average molecular weight is 292 g/mol. The molecule has 0 aromatic heterocycles. The average Bonchev–Trinajstić information content (AvgIpc) is 2.44. The van der Waals surface area contributed by atoms with Gasteiger partial charge in [0, 0.05) is 0 Å². The first-order chi connectivity index (χ1) is 9.79. The third-order valence-electron chi connectivity index (χ3n) is 3.64. The summed E-state index contributed by atoms with van der Waals surface area (Å²) in [7, 11) is 0. The van der Waals surface area contributed by atoms with Gasteiger partial charge in [0.1, 0.15) is 13.2 Å². The van der Waals surface area contributed by atoms with E-state index >= 15 is 0 Å². The third kappa shape index (κ3) is 3.67. The van der Waals surface area contributed by atoms with E-state index in [0.717, 1.165) is 17.1 Å². The van der Waals surface area contributed by atoms with Crippen LogP contribution >= 0.6 is 0 Å². The van der Waals surface area contributed by atoms with Crippen molar-refractivity contribution < 1.29 is 14.3 Å². The molecule has 2 unspecified atom stereocenters. The number of hydrogen-bond acceptors (Lipinski definition) is 4. The first-order valence-electron chi connectivity index (χ1n) is 7.24. The second-order valence-corrected chi connectivity index (χ2v) is 6.48. The molecule has 3 N–H and O–H groups in total. The second-order valence-electron chi connectivity index (χ2n) is 6.48. The molecular weight excluding hydrogens is 268 g/mol. The predicted molar refractivity (Wildman–Crippen MR) is 81.4 cm³/mol. The van der Waals surface area contributed by atoms with E-state index in [1.807, 2.05) is 45.9 Å². The largest absolute Gasteiger partial charge is 0.486 e. The molecule has 2 atom stereocenters. The minimum absolute atomic E-state index is 0.137. The van der Waals surface area contributed by atoms with Crippen molar-refractivity contribution >= 4 is 5.91 Å². The third-order valence-corrected chi connectivity index (χ3v) is 3.64. The van der Waals surface area contributed by atoms with Crippen LogP contribution in [0.4, 0.5) is 0 Å². The number of fused-ring (bicyclic) bond motifs is 1. The molecule has 0 fully saturated rings. The Bertz CT molecular complexity index is 523. The molecule has 5 nitrogen and oxygen atoms in total. The van der Waals surface area contributed by atoms with Crippen molar-refractivity contribution in [1.82, 2.24) is 5.32 Å². The summed E-state index contributed by atoms with van der Waals surface area (Å²) in [6.45, 7) is 8.90. The lowest BCUT2D eigenvalue weighted by atomic mass is 9.86. The molecular formula is C16H24N2O3. The number of benzene rings is 1. The smallest absolute Gasteiger partial charge is 0.237 e. The highest BCUT2D eigenvalue weighted by molar-refractivity contribution is 5.82. The number of ether oxygens (including phenoxy) is 2. The van der Waals surface area contributed by atoms with Crippen LogP contribution in [0, 0.1) is 5.41 Å². The fraction of sp³-hybridized carbons (Fsp3) is 0.562. The van der Waals surface area contributed by atoms with Gasteiger partial charge in [-0.1, -0.05) is 26.8 Å². The van der Waals surface area contributed by atoms with Gasteiger partial charge in [-0.15, -0.1) is 0 Å². The molecule has 0 aliphatic carbocycles. The van der Waals surface area contributed by atoms with Gasteiger partial charge in [0.05, 0.1) is 12.1 Å². The van der Waals surface area contributed by atoms with Gasteiger partial charge in [0.2, 0.25) is 5.91 Å². The van der Waals surface area contributed by atoms with Crippen LogP contribution < -0.4 is 20.5 Å². The molecule has 5 heteroatoms. The Morgan fingerprint density at radius 2 is 1.86 bits per heavy atom. The molecule has 0 radical (unpaired) electrons. The fourth-order valence-corrected chi connectivity index (χ4v) is 2.11. The molecule has 0 spiro atoms. The van der Waals surface area contributed by atoms with Crippen molar-refractivity contribution in [2.24, 2.45) is 11.1 Å². The number of amides is 1. The summed E-state index contributed by atoms with van der Waals surface area (Å²) >= 11 is 0. The Morgan fingerprint density at radius 1 is 1.24 bits per heavy atom. The van der Waals surface area contributed by atoms with Crippen LogP contribution in [-0.4, -0.2) is 25.2 Å². The van der Waals surface area contributed by atoms with Crippen molar-refractivity contribution in [2.45, 2.75) is 39.8 Å². The number of rotatable bonds is 3. The maximum atomic E-state index is 12.2. The van der Waals surface area contributed by atoms with Crippen LogP contribution in [0.15, 0.2) is 18.2 Å². The molecule has 1 aromatic carbocycles. The minimum Gasteiger partial charge on any atom is -0.486 e. The molecule has 0 saturated carbocycles. The summed E-state index contributed by atoms with van der Waals surface area (Å²) in [4.78, 5) is 12.2. The highest BCUT2D eigenvalue weighted by Gasteiger charge is 2.28. The molecule has 0 bridgehead atoms. The van der Waals surface area contributed by atoms with E-state index in [-0.39, 0.29) is 17.4 Å². The van der Waals surface area contributed by atoms with Gasteiger partial charge in [-0.05, 0) is 30.0 Å². The first kappa shape index (κ1) is 15.6. The second kappa shape index (κ2) is 5.93. The lowest BCUT2D eigenvalue weighted by molar-refractivity contribution is -0.125. The van der Waals surface area contributed by atoms with E-state index in [1.54, 1.807) is 0 Å². The Morgan fingerprint density at radius 3 is 2.48 bits per heavy atom. The predicted octanol–water partition coefficient (Wildman–Crippen LogP) is 2.01. The molecule has 1 amide bonds. The van der Waals surface area contributed by atoms with Crippen LogP contribution in [0.5, 0.6) is 11.5 Å². The molecule has 21 heavy (non-hydrogen) atoms. The summed E-state index contributed by atoms with van der Waals surface area (Å²) in [6.07, 6.45) is 0. The quantitative estimate of drug-likeness (QED) is 0.893. The van der Waals surface area contributed by atoms with E-state index in [1.165, 1.54) is 0 Å². The van der Waals surface area contributed by atoms with Crippen LogP contribution in [0.25, 0.3) is 0 Å². The number of nitrogens with two attached hydrogens (primary N) is 1. The van der Waals surface area contributed by atoms with E-state index < -0.39 is 6.04 Å². The van der Waals surface area contributed by atoms with Gasteiger partial charge in [-0.3, -0.25) is 4.79 Å². The van der Waals surface area contributed by atoms with Gasteiger partial charge >= 0.3 is 0 Å². The van der Waals surface area contributed by atoms with Crippen molar-refractivity contribution in [2.75, 3.05) is 13.2 Å². The molecule has 1 aliphatic rings. The number of hydrogen-bond donors (Lipinski definition) is 2. The number of carbonyl (C=O) groups excluding carboxylic acids is 1. The van der Waals surface area contributed by atoms with Crippen molar-refractivity contribution in [3.8, 4) is 11.5 Å². The SMILES string of the molecule is CC(NC(=O)C(N)C(C)(C)C)c1ccc2c(c1)OCCO2. The number of carbonyl (C=O) groups is 1. The highest BCUT2D eigenvalue weighted by atomic mass is 16.6. The van der Waals surface area contributed by atoms with Gasteiger partial charge in [-0.25, -0.2) is 0 Å². The molecule has 1 aromatic rings. The first-order valence-corrected chi connectivity index (χ1v) is 7.24. The van der Waals surface area contributed by atoms with Gasteiger partial charge in [0.15, 0.2) is 11.5 Å². The fourth-order valence-electron chi connectivity index (χ4n) is 2.11. The minimum atomic E-state index is -0.544. The highest BCUT2D eigenvalue weighted by Crippen LogP contribution is 2.32. The Kier molecular flexibility index (Phi) is 4.42. The van der Waals surface area contributed by atoms with Crippen molar-refractivity contribution in [1.29, 1.82) is 0 Å².